The van der Waals surface area contributed by atoms with E-state index in [0.29, 0.717) is 11.7 Å². The van der Waals surface area contributed by atoms with Crippen LogP contribution in [0, 0.1) is 11.3 Å². The molecule has 0 atom stereocenters. The van der Waals surface area contributed by atoms with Crippen molar-refractivity contribution >= 4 is 22.4 Å². The molecule has 0 bridgehead atoms. The second kappa shape index (κ2) is 6.51. The number of halogens is 1. The Morgan fingerprint density at radius 1 is 1.15 bits per heavy atom. The molecule has 3 fully saturated rings. The molecule has 0 aromatic heterocycles. The van der Waals surface area contributed by atoms with Gasteiger partial charge in [-0.1, -0.05) is 19.3 Å². The summed E-state index contributed by atoms with van der Waals surface area (Å²) in [4.78, 5) is 0. The normalized spacial score (nSPS) is 27.2. The fourth-order valence-electron chi connectivity index (χ4n) is 3.72. The topological polar surface area (TPSA) is 49.4 Å². The lowest BCUT2D eigenvalue weighted by molar-refractivity contribution is 0.218. The van der Waals surface area contributed by atoms with Crippen LogP contribution >= 0.6 is 12.4 Å². The number of hydrogen-bond acceptors (Lipinski definition) is 3. The first kappa shape index (κ1) is 16.5. The van der Waals surface area contributed by atoms with Crippen LogP contribution in [0.15, 0.2) is 0 Å². The van der Waals surface area contributed by atoms with Crippen LogP contribution in [-0.4, -0.2) is 44.7 Å². The van der Waals surface area contributed by atoms with Gasteiger partial charge in [0.1, 0.15) is 0 Å². The third-order valence-electron chi connectivity index (χ3n) is 5.47. The van der Waals surface area contributed by atoms with Gasteiger partial charge in [0, 0.05) is 13.1 Å². The van der Waals surface area contributed by atoms with Gasteiger partial charge in [-0.05, 0) is 50.1 Å². The van der Waals surface area contributed by atoms with Crippen LogP contribution < -0.4 is 5.32 Å². The SMILES string of the molecule is Cl.O=S(=O)(CCC1CCC1)N1CCC2(CCNCC2)C1. The molecule has 3 aliphatic rings. The molecule has 0 amide bonds. The smallest absolute Gasteiger partial charge is 0.214 e. The zero-order chi connectivity index (χ0) is 13.3. The quantitative estimate of drug-likeness (QED) is 0.861. The summed E-state index contributed by atoms with van der Waals surface area (Å²) in [5.41, 5.74) is 0.286. The van der Waals surface area contributed by atoms with Crippen LogP contribution in [0.4, 0.5) is 0 Å². The molecule has 0 unspecified atom stereocenters. The van der Waals surface area contributed by atoms with Crippen LogP contribution in [0.5, 0.6) is 0 Å². The minimum atomic E-state index is -2.99. The van der Waals surface area contributed by atoms with Crippen LogP contribution in [0.3, 0.4) is 0 Å². The van der Waals surface area contributed by atoms with E-state index in [2.05, 4.69) is 5.32 Å². The van der Waals surface area contributed by atoms with Gasteiger partial charge in [0.15, 0.2) is 0 Å². The summed E-state index contributed by atoms with van der Waals surface area (Å²) in [6.07, 6.45) is 8.01. The molecule has 0 aromatic carbocycles. The summed E-state index contributed by atoms with van der Waals surface area (Å²) in [5, 5.41) is 3.38. The second-order valence-corrected chi connectivity index (χ2v) is 8.82. The summed E-state index contributed by atoms with van der Waals surface area (Å²) in [6.45, 7) is 3.64. The predicted octanol–water partition coefficient (Wildman–Crippen LogP) is 2.00. The Kier molecular flexibility index (Phi) is 5.38. The van der Waals surface area contributed by atoms with Crippen molar-refractivity contribution in [2.75, 3.05) is 31.9 Å². The van der Waals surface area contributed by atoms with Crippen molar-refractivity contribution in [3.05, 3.63) is 0 Å². The molecular weight excluding hydrogens is 296 g/mol. The molecule has 6 heteroatoms. The second-order valence-electron chi connectivity index (χ2n) is 6.74. The zero-order valence-corrected chi connectivity index (χ0v) is 13.8. The summed E-state index contributed by atoms with van der Waals surface area (Å²) >= 11 is 0. The summed E-state index contributed by atoms with van der Waals surface area (Å²) in [7, 11) is -2.99. The van der Waals surface area contributed by atoms with Crippen molar-refractivity contribution in [2.45, 2.75) is 44.9 Å². The lowest BCUT2D eigenvalue weighted by Crippen LogP contribution is -2.40. The van der Waals surface area contributed by atoms with E-state index >= 15 is 0 Å². The Morgan fingerprint density at radius 2 is 1.85 bits per heavy atom. The molecule has 2 heterocycles. The molecule has 0 aromatic rings. The standard InChI is InChI=1S/C14H26N2O2S.ClH/c17-19(18,11-4-13-2-1-3-13)16-10-7-14(12-16)5-8-15-9-6-14;/h13,15H,1-12H2;1H. The first-order valence-electron chi connectivity index (χ1n) is 7.78. The van der Waals surface area contributed by atoms with Gasteiger partial charge in [-0.25, -0.2) is 12.7 Å². The summed E-state index contributed by atoms with van der Waals surface area (Å²) < 4.78 is 26.6. The Bertz CT molecular complexity index is 417. The van der Waals surface area contributed by atoms with Crippen molar-refractivity contribution in [1.82, 2.24) is 9.62 Å². The van der Waals surface area contributed by atoms with E-state index in [1.54, 1.807) is 4.31 Å². The molecule has 0 radical (unpaired) electrons. The largest absolute Gasteiger partial charge is 0.317 e. The molecule has 1 spiro atoms. The molecule has 1 N–H and O–H groups in total. The maximum atomic E-state index is 12.4. The number of sulfonamides is 1. The molecule has 20 heavy (non-hydrogen) atoms. The molecule has 2 aliphatic heterocycles. The predicted molar refractivity (Wildman–Crippen MR) is 83.7 cm³/mol. The number of hydrogen-bond donors (Lipinski definition) is 1. The van der Waals surface area contributed by atoms with Gasteiger partial charge in [-0.3, -0.25) is 0 Å². The van der Waals surface area contributed by atoms with E-state index in [1.807, 2.05) is 0 Å². The van der Waals surface area contributed by atoms with Crippen molar-refractivity contribution in [3.63, 3.8) is 0 Å². The first-order valence-corrected chi connectivity index (χ1v) is 9.39. The van der Waals surface area contributed by atoms with E-state index in [0.717, 1.165) is 51.9 Å². The van der Waals surface area contributed by atoms with Gasteiger partial charge in [0.2, 0.25) is 10.0 Å². The van der Waals surface area contributed by atoms with Gasteiger partial charge >= 0.3 is 0 Å². The highest BCUT2D eigenvalue weighted by Crippen LogP contribution is 2.40. The van der Waals surface area contributed by atoms with E-state index in [9.17, 15) is 8.42 Å². The van der Waals surface area contributed by atoms with Crippen molar-refractivity contribution in [2.24, 2.45) is 11.3 Å². The molecule has 1 aliphatic carbocycles. The summed E-state index contributed by atoms with van der Waals surface area (Å²) in [6, 6.07) is 0. The van der Waals surface area contributed by atoms with Crippen molar-refractivity contribution in [1.29, 1.82) is 0 Å². The Balaban J connectivity index is 0.00000147. The average molecular weight is 323 g/mol. The monoisotopic (exact) mass is 322 g/mol. The van der Waals surface area contributed by atoms with Gasteiger partial charge in [-0.2, -0.15) is 0 Å². The first-order chi connectivity index (χ1) is 9.10. The zero-order valence-electron chi connectivity index (χ0n) is 12.1. The molecular formula is C14H27ClN2O2S. The average Bonchev–Trinajstić information content (AvgIpc) is 2.73. The highest BCUT2D eigenvalue weighted by atomic mass is 35.5. The van der Waals surface area contributed by atoms with Crippen LogP contribution in [0.1, 0.15) is 44.9 Å². The molecule has 1 saturated carbocycles. The Labute approximate surface area is 129 Å². The summed E-state index contributed by atoms with van der Waals surface area (Å²) in [5.74, 6) is 1.07. The maximum Gasteiger partial charge on any atom is 0.214 e. The van der Waals surface area contributed by atoms with Crippen molar-refractivity contribution in [3.8, 4) is 0 Å². The van der Waals surface area contributed by atoms with Crippen LogP contribution in [0.2, 0.25) is 0 Å². The third-order valence-corrected chi connectivity index (χ3v) is 7.32. The van der Waals surface area contributed by atoms with E-state index in [1.165, 1.54) is 19.3 Å². The van der Waals surface area contributed by atoms with Gasteiger partial charge in [0.25, 0.3) is 0 Å². The maximum absolute atomic E-state index is 12.4. The van der Waals surface area contributed by atoms with Gasteiger partial charge < -0.3 is 5.32 Å². The minimum absolute atomic E-state index is 0. The van der Waals surface area contributed by atoms with E-state index < -0.39 is 10.0 Å². The fraction of sp³-hybridized carbons (Fsp3) is 1.00. The number of piperidine rings is 1. The molecule has 118 valence electrons. The fourth-order valence-corrected chi connectivity index (χ4v) is 5.45. The lowest BCUT2D eigenvalue weighted by atomic mass is 9.78. The number of nitrogens with zero attached hydrogens (tertiary/aromatic N) is 1. The Morgan fingerprint density at radius 3 is 2.45 bits per heavy atom. The Hall–Kier alpha value is 0.160. The van der Waals surface area contributed by atoms with Crippen molar-refractivity contribution < 1.29 is 8.42 Å². The number of nitrogens with one attached hydrogen (secondary N) is 1. The minimum Gasteiger partial charge on any atom is -0.317 e. The molecule has 4 nitrogen and oxygen atoms in total. The lowest BCUT2D eigenvalue weighted by Gasteiger charge is -2.33. The van der Waals surface area contributed by atoms with E-state index in [4.69, 9.17) is 0 Å². The van der Waals surface area contributed by atoms with Gasteiger partial charge in [0.05, 0.1) is 5.75 Å². The highest BCUT2D eigenvalue weighted by Gasteiger charge is 2.42. The highest BCUT2D eigenvalue weighted by molar-refractivity contribution is 7.89. The number of rotatable bonds is 4. The molecule has 3 rings (SSSR count). The van der Waals surface area contributed by atoms with Gasteiger partial charge in [-0.15, -0.1) is 12.4 Å². The van der Waals surface area contributed by atoms with E-state index in [-0.39, 0.29) is 17.8 Å². The van der Waals surface area contributed by atoms with Crippen LogP contribution in [0.25, 0.3) is 0 Å². The third kappa shape index (κ3) is 3.49. The van der Waals surface area contributed by atoms with Crippen LogP contribution in [-0.2, 0) is 10.0 Å². The molecule has 2 saturated heterocycles.